The molecule has 2 aromatic heterocycles. The SMILES string of the molecule is Cc1cccc(-c2noc(CN(C)Cc3ncccc3C(=O)O)n2)c1. The molecule has 7 heteroatoms. The normalized spacial score (nSPS) is 11.0. The first-order valence-electron chi connectivity index (χ1n) is 7.78. The molecule has 0 aliphatic carbocycles. The highest BCUT2D eigenvalue weighted by molar-refractivity contribution is 5.88. The molecule has 0 radical (unpaired) electrons. The summed E-state index contributed by atoms with van der Waals surface area (Å²) in [7, 11) is 1.84. The van der Waals surface area contributed by atoms with Gasteiger partial charge in [-0.05, 0) is 32.2 Å². The van der Waals surface area contributed by atoms with Crippen molar-refractivity contribution in [3.8, 4) is 11.4 Å². The molecular formula is C18H18N4O3. The molecule has 25 heavy (non-hydrogen) atoms. The van der Waals surface area contributed by atoms with Crippen LogP contribution in [-0.4, -0.2) is 38.1 Å². The van der Waals surface area contributed by atoms with Crippen LogP contribution in [0.25, 0.3) is 11.4 Å². The van der Waals surface area contributed by atoms with Gasteiger partial charge in [0.25, 0.3) is 0 Å². The Morgan fingerprint density at radius 3 is 2.84 bits per heavy atom. The van der Waals surface area contributed by atoms with Crippen molar-refractivity contribution >= 4 is 5.97 Å². The summed E-state index contributed by atoms with van der Waals surface area (Å²) in [5.41, 5.74) is 2.71. The Hall–Kier alpha value is -3.06. The van der Waals surface area contributed by atoms with Crippen LogP contribution in [0, 0.1) is 6.92 Å². The smallest absolute Gasteiger partial charge is 0.337 e. The lowest BCUT2D eigenvalue weighted by molar-refractivity contribution is 0.0694. The fourth-order valence-electron chi connectivity index (χ4n) is 2.52. The second-order valence-electron chi connectivity index (χ2n) is 5.86. The van der Waals surface area contributed by atoms with Gasteiger partial charge in [0.15, 0.2) is 0 Å². The number of nitrogens with zero attached hydrogens (tertiary/aromatic N) is 4. The van der Waals surface area contributed by atoms with E-state index < -0.39 is 5.97 Å². The average Bonchev–Trinajstić information content (AvgIpc) is 3.03. The molecule has 7 nitrogen and oxygen atoms in total. The standard InChI is InChI=1S/C18H18N4O3/c1-12-5-3-6-13(9-12)17-20-16(25-21-17)11-22(2)10-15-14(18(23)24)7-4-8-19-15/h3-9H,10-11H2,1-2H3,(H,23,24). The minimum atomic E-state index is -0.990. The molecule has 3 rings (SSSR count). The number of aromatic nitrogens is 3. The molecule has 1 N–H and O–H groups in total. The van der Waals surface area contributed by atoms with Gasteiger partial charge in [0, 0.05) is 18.3 Å². The molecule has 0 aliphatic heterocycles. The summed E-state index contributed by atoms with van der Waals surface area (Å²) in [5.74, 6) is 0.0130. The van der Waals surface area contributed by atoms with Crippen LogP contribution >= 0.6 is 0 Å². The van der Waals surface area contributed by atoms with E-state index in [1.807, 2.05) is 43.1 Å². The van der Waals surface area contributed by atoms with Gasteiger partial charge in [-0.2, -0.15) is 4.98 Å². The van der Waals surface area contributed by atoms with E-state index in [4.69, 9.17) is 4.52 Å². The molecule has 1 aromatic carbocycles. The highest BCUT2D eigenvalue weighted by Crippen LogP contribution is 2.18. The third-order valence-corrected chi connectivity index (χ3v) is 3.69. The summed E-state index contributed by atoms with van der Waals surface area (Å²) < 4.78 is 5.31. The van der Waals surface area contributed by atoms with E-state index in [9.17, 15) is 9.90 Å². The Morgan fingerprint density at radius 1 is 1.24 bits per heavy atom. The number of aryl methyl sites for hydroxylation is 1. The second-order valence-corrected chi connectivity index (χ2v) is 5.86. The number of pyridine rings is 1. The van der Waals surface area contributed by atoms with Crippen molar-refractivity contribution in [1.82, 2.24) is 20.0 Å². The Labute approximate surface area is 144 Å². The molecule has 0 amide bonds. The van der Waals surface area contributed by atoms with Crippen LogP contribution in [-0.2, 0) is 13.1 Å². The van der Waals surface area contributed by atoms with Crippen molar-refractivity contribution in [2.75, 3.05) is 7.05 Å². The number of rotatable bonds is 6. The highest BCUT2D eigenvalue weighted by Gasteiger charge is 2.15. The average molecular weight is 338 g/mol. The molecule has 0 unspecified atom stereocenters. The molecule has 0 saturated heterocycles. The van der Waals surface area contributed by atoms with Crippen LogP contribution in [0.5, 0.6) is 0 Å². The maximum atomic E-state index is 11.2. The topological polar surface area (TPSA) is 92.4 Å². The molecule has 0 atom stereocenters. The number of carboxylic acids is 1. The predicted molar refractivity (Wildman–Crippen MR) is 90.8 cm³/mol. The minimum Gasteiger partial charge on any atom is -0.478 e. The largest absolute Gasteiger partial charge is 0.478 e. The fourth-order valence-corrected chi connectivity index (χ4v) is 2.52. The third-order valence-electron chi connectivity index (χ3n) is 3.69. The van der Waals surface area contributed by atoms with Gasteiger partial charge in [-0.3, -0.25) is 9.88 Å². The summed E-state index contributed by atoms with van der Waals surface area (Å²) in [6, 6.07) is 11.0. The summed E-state index contributed by atoms with van der Waals surface area (Å²) in [5, 5.41) is 13.2. The van der Waals surface area contributed by atoms with Crippen LogP contribution in [0.4, 0.5) is 0 Å². The first-order chi connectivity index (χ1) is 12.0. The van der Waals surface area contributed by atoms with Gasteiger partial charge in [-0.25, -0.2) is 4.79 Å². The zero-order valence-corrected chi connectivity index (χ0v) is 14.0. The van der Waals surface area contributed by atoms with Crippen molar-refractivity contribution in [2.45, 2.75) is 20.0 Å². The van der Waals surface area contributed by atoms with Crippen LogP contribution in [0.3, 0.4) is 0 Å². The van der Waals surface area contributed by atoms with Crippen molar-refractivity contribution in [1.29, 1.82) is 0 Å². The van der Waals surface area contributed by atoms with Gasteiger partial charge in [0.05, 0.1) is 17.8 Å². The lowest BCUT2D eigenvalue weighted by Crippen LogP contribution is -2.20. The number of carboxylic acid groups (broad SMARTS) is 1. The van der Waals surface area contributed by atoms with Crippen molar-refractivity contribution < 1.29 is 14.4 Å². The van der Waals surface area contributed by atoms with E-state index >= 15 is 0 Å². The van der Waals surface area contributed by atoms with Crippen molar-refractivity contribution in [2.24, 2.45) is 0 Å². The molecule has 128 valence electrons. The van der Waals surface area contributed by atoms with Crippen molar-refractivity contribution in [3.05, 3.63) is 65.3 Å². The van der Waals surface area contributed by atoms with Gasteiger partial charge in [0.1, 0.15) is 0 Å². The second kappa shape index (κ2) is 7.23. The molecular weight excluding hydrogens is 320 g/mol. The van der Waals surface area contributed by atoms with Gasteiger partial charge < -0.3 is 9.63 Å². The van der Waals surface area contributed by atoms with Crippen LogP contribution in [0.2, 0.25) is 0 Å². The van der Waals surface area contributed by atoms with Gasteiger partial charge >= 0.3 is 5.97 Å². The van der Waals surface area contributed by atoms with E-state index in [-0.39, 0.29) is 5.56 Å². The first-order valence-corrected chi connectivity index (χ1v) is 7.78. The van der Waals surface area contributed by atoms with Gasteiger partial charge in [0.2, 0.25) is 11.7 Å². The molecule has 0 bridgehead atoms. The van der Waals surface area contributed by atoms with Crippen LogP contribution in [0.15, 0.2) is 47.1 Å². The number of aromatic carboxylic acids is 1. The highest BCUT2D eigenvalue weighted by atomic mass is 16.5. The molecule has 0 fully saturated rings. The Kier molecular flexibility index (Phi) is 4.85. The number of hydrogen-bond acceptors (Lipinski definition) is 6. The summed E-state index contributed by atoms with van der Waals surface area (Å²) >= 11 is 0. The molecule has 0 spiro atoms. The monoisotopic (exact) mass is 338 g/mol. The molecule has 0 saturated carbocycles. The number of carbonyl (C=O) groups is 1. The Morgan fingerprint density at radius 2 is 2.08 bits per heavy atom. The van der Waals surface area contributed by atoms with Crippen molar-refractivity contribution in [3.63, 3.8) is 0 Å². The van der Waals surface area contributed by atoms with E-state index in [0.29, 0.717) is 30.5 Å². The lowest BCUT2D eigenvalue weighted by atomic mass is 10.1. The van der Waals surface area contributed by atoms with Gasteiger partial charge in [-0.1, -0.05) is 28.9 Å². The molecule has 2 heterocycles. The summed E-state index contributed by atoms with van der Waals surface area (Å²) in [6.07, 6.45) is 1.58. The van der Waals surface area contributed by atoms with Gasteiger partial charge in [-0.15, -0.1) is 0 Å². The van der Waals surface area contributed by atoms with Crippen LogP contribution < -0.4 is 0 Å². The predicted octanol–water partition coefficient (Wildman–Crippen LogP) is 2.77. The quantitative estimate of drug-likeness (QED) is 0.738. The first kappa shape index (κ1) is 16.8. The lowest BCUT2D eigenvalue weighted by Gasteiger charge is -2.14. The number of benzene rings is 1. The van der Waals surface area contributed by atoms with E-state index in [1.165, 1.54) is 0 Å². The molecule has 3 aromatic rings. The maximum Gasteiger partial charge on any atom is 0.337 e. The third kappa shape index (κ3) is 4.07. The zero-order valence-electron chi connectivity index (χ0n) is 14.0. The molecule has 0 aliphatic rings. The van der Waals surface area contributed by atoms with E-state index in [1.54, 1.807) is 18.3 Å². The Bertz CT molecular complexity index is 891. The summed E-state index contributed by atoms with van der Waals surface area (Å²) in [4.78, 5) is 21.7. The zero-order chi connectivity index (χ0) is 17.8. The number of hydrogen-bond donors (Lipinski definition) is 1. The Balaban J connectivity index is 1.70. The minimum absolute atomic E-state index is 0.195. The fraction of sp³-hybridized carbons (Fsp3) is 0.222. The van der Waals surface area contributed by atoms with E-state index in [0.717, 1.165) is 11.1 Å². The maximum absolute atomic E-state index is 11.2. The van der Waals surface area contributed by atoms with Crippen LogP contribution in [0.1, 0.15) is 27.5 Å². The summed E-state index contributed by atoms with van der Waals surface area (Å²) in [6.45, 7) is 2.77. The van der Waals surface area contributed by atoms with E-state index in [2.05, 4.69) is 15.1 Å².